The maximum Gasteiger partial charge on any atom is 0.335 e. The maximum atomic E-state index is 11.3. The van der Waals surface area contributed by atoms with Crippen LogP contribution >= 0.6 is 0 Å². The highest BCUT2D eigenvalue weighted by Gasteiger charge is 2.05. The molecule has 0 fully saturated rings. The fourth-order valence-electron chi connectivity index (χ4n) is 1.81. The van der Waals surface area contributed by atoms with Gasteiger partial charge in [-0.1, -0.05) is 17.9 Å². The van der Waals surface area contributed by atoms with Crippen molar-refractivity contribution < 1.29 is 19.4 Å². The Kier molecular flexibility index (Phi) is 4.44. The first-order valence-corrected chi connectivity index (χ1v) is 6.34. The Hall–Kier alpha value is -3.26. The van der Waals surface area contributed by atoms with Gasteiger partial charge in [0, 0.05) is 16.7 Å². The van der Waals surface area contributed by atoms with Crippen molar-refractivity contribution >= 4 is 11.9 Å². The molecule has 0 aliphatic rings. The number of aromatic carboxylic acids is 1. The van der Waals surface area contributed by atoms with Crippen LogP contribution in [-0.2, 0) is 0 Å². The molecule has 2 aromatic rings. The molecule has 0 saturated carbocycles. The molecule has 0 radical (unpaired) electrons. The van der Waals surface area contributed by atoms with Crippen LogP contribution < -0.4 is 10.5 Å². The van der Waals surface area contributed by atoms with Crippen molar-refractivity contribution in [3.8, 4) is 17.6 Å². The molecule has 0 heterocycles. The summed E-state index contributed by atoms with van der Waals surface area (Å²) in [6, 6.07) is 11.0. The summed E-state index contributed by atoms with van der Waals surface area (Å²) in [5.74, 6) is 4.60. The number of hydrogen-bond acceptors (Lipinski definition) is 3. The molecule has 2 aromatic carbocycles. The van der Waals surface area contributed by atoms with Gasteiger partial charge in [-0.3, -0.25) is 4.79 Å². The Bertz CT molecular complexity index is 800. The van der Waals surface area contributed by atoms with Crippen LogP contribution in [0.5, 0.6) is 5.75 Å². The summed E-state index contributed by atoms with van der Waals surface area (Å²) in [4.78, 5) is 22.2. The summed E-state index contributed by atoms with van der Waals surface area (Å²) in [6.07, 6.45) is 0. The van der Waals surface area contributed by atoms with Gasteiger partial charge in [-0.15, -0.1) is 0 Å². The zero-order valence-electron chi connectivity index (χ0n) is 11.8. The number of carboxylic acid groups (broad SMARTS) is 1. The van der Waals surface area contributed by atoms with Gasteiger partial charge in [0.2, 0.25) is 5.91 Å². The van der Waals surface area contributed by atoms with Gasteiger partial charge in [0.05, 0.1) is 12.7 Å². The number of nitrogens with two attached hydrogens (primary N) is 1. The van der Waals surface area contributed by atoms with Crippen LogP contribution in [0.3, 0.4) is 0 Å². The molecule has 22 heavy (non-hydrogen) atoms. The molecule has 5 heteroatoms. The zero-order chi connectivity index (χ0) is 16.1. The van der Waals surface area contributed by atoms with E-state index in [9.17, 15) is 9.59 Å². The Morgan fingerprint density at radius 1 is 1.05 bits per heavy atom. The number of hydrogen-bond donors (Lipinski definition) is 2. The largest absolute Gasteiger partial charge is 0.497 e. The Morgan fingerprint density at radius 3 is 2.36 bits per heavy atom. The Balaban J connectivity index is 2.39. The van der Waals surface area contributed by atoms with Gasteiger partial charge < -0.3 is 15.6 Å². The predicted octanol–water partition coefficient (Wildman–Crippen LogP) is 1.89. The number of carbonyl (C=O) groups excluding carboxylic acids is 1. The minimum Gasteiger partial charge on any atom is -0.497 e. The minimum atomic E-state index is -1.01. The molecule has 0 bridgehead atoms. The second-order valence-corrected chi connectivity index (χ2v) is 4.45. The topological polar surface area (TPSA) is 89.6 Å². The summed E-state index contributed by atoms with van der Waals surface area (Å²) in [6.45, 7) is 0. The Labute approximate surface area is 127 Å². The number of methoxy groups -OCH3 is 1. The molecule has 2 rings (SSSR count). The minimum absolute atomic E-state index is 0.162. The van der Waals surface area contributed by atoms with Crippen molar-refractivity contribution in [1.82, 2.24) is 0 Å². The van der Waals surface area contributed by atoms with Crippen molar-refractivity contribution in [2.75, 3.05) is 7.11 Å². The zero-order valence-corrected chi connectivity index (χ0v) is 11.8. The number of rotatable bonds is 3. The quantitative estimate of drug-likeness (QED) is 0.846. The number of carbonyl (C=O) groups is 2. The van der Waals surface area contributed by atoms with Crippen molar-refractivity contribution in [2.24, 2.45) is 5.73 Å². The fraction of sp³-hybridized carbons (Fsp3) is 0.0588. The molecular formula is C17H13NO4. The van der Waals surface area contributed by atoms with Crippen LogP contribution in [0.25, 0.3) is 0 Å². The smallest absolute Gasteiger partial charge is 0.335 e. The lowest BCUT2D eigenvalue weighted by molar-refractivity contribution is 0.0696. The number of benzene rings is 2. The first kappa shape index (κ1) is 15.1. The molecule has 1 amide bonds. The van der Waals surface area contributed by atoms with E-state index in [4.69, 9.17) is 15.6 Å². The summed E-state index contributed by atoms with van der Waals surface area (Å²) < 4.78 is 5.10. The molecule has 0 aromatic heterocycles. The molecular weight excluding hydrogens is 282 g/mol. The number of amides is 1. The third-order valence-electron chi connectivity index (χ3n) is 2.89. The highest BCUT2D eigenvalue weighted by atomic mass is 16.5. The average molecular weight is 295 g/mol. The van der Waals surface area contributed by atoms with Crippen LogP contribution in [0.1, 0.15) is 31.8 Å². The van der Waals surface area contributed by atoms with Gasteiger partial charge in [0.15, 0.2) is 0 Å². The summed E-state index contributed by atoms with van der Waals surface area (Å²) in [5.41, 5.74) is 6.82. The predicted molar refractivity (Wildman–Crippen MR) is 80.9 cm³/mol. The second kappa shape index (κ2) is 6.46. The number of ether oxygens (including phenoxy) is 1. The summed E-state index contributed by atoms with van der Waals surface area (Å²) in [7, 11) is 1.48. The van der Waals surface area contributed by atoms with Gasteiger partial charge in [-0.05, 0) is 36.4 Å². The lowest BCUT2D eigenvalue weighted by Gasteiger charge is -2.03. The number of carboxylic acids is 1. The average Bonchev–Trinajstić information content (AvgIpc) is 2.52. The van der Waals surface area contributed by atoms with E-state index in [-0.39, 0.29) is 5.56 Å². The van der Waals surface area contributed by atoms with E-state index >= 15 is 0 Å². The van der Waals surface area contributed by atoms with E-state index in [0.29, 0.717) is 22.4 Å². The van der Waals surface area contributed by atoms with E-state index < -0.39 is 11.9 Å². The van der Waals surface area contributed by atoms with Crippen LogP contribution in [-0.4, -0.2) is 24.1 Å². The van der Waals surface area contributed by atoms with Crippen molar-refractivity contribution in [1.29, 1.82) is 0 Å². The van der Waals surface area contributed by atoms with Crippen LogP contribution in [0, 0.1) is 11.8 Å². The molecule has 5 nitrogen and oxygen atoms in total. The van der Waals surface area contributed by atoms with Crippen LogP contribution in [0.15, 0.2) is 42.5 Å². The van der Waals surface area contributed by atoms with E-state index in [1.807, 2.05) is 0 Å². The lowest BCUT2D eigenvalue weighted by Crippen LogP contribution is -2.11. The highest BCUT2D eigenvalue weighted by molar-refractivity contribution is 5.93. The van der Waals surface area contributed by atoms with Gasteiger partial charge >= 0.3 is 5.97 Å². The molecule has 0 spiro atoms. The summed E-state index contributed by atoms with van der Waals surface area (Å²) in [5, 5.41) is 8.94. The second-order valence-electron chi connectivity index (χ2n) is 4.45. The fourth-order valence-corrected chi connectivity index (χ4v) is 1.81. The van der Waals surface area contributed by atoms with Crippen molar-refractivity contribution in [2.45, 2.75) is 0 Å². The SMILES string of the molecule is COc1cc(C#Cc2cccc(C(=O)O)c2)cc(C(N)=O)c1. The van der Waals surface area contributed by atoms with E-state index in [2.05, 4.69) is 11.8 Å². The molecule has 0 aliphatic heterocycles. The molecule has 110 valence electrons. The maximum absolute atomic E-state index is 11.3. The van der Waals surface area contributed by atoms with Crippen LogP contribution in [0.2, 0.25) is 0 Å². The summed E-state index contributed by atoms with van der Waals surface area (Å²) >= 11 is 0. The van der Waals surface area contributed by atoms with E-state index in [1.54, 1.807) is 24.3 Å². The molecule has 0 saturated heterocycles. The first-order chi connectivity index (χ1) is 10.5. The van der Waals surface area contributed by atoms with E-state index in [0.717, 1.165) is 0 Å². The highest BCUT2D eigenvalue weighted by Crippen LogP contribution is 2.16. The van der Waals surface area contributed by atoms with Gasteiger partial charge in [-0.25, -0.2) is 4.79 Å². The standard InChI is InChI=1S/C17H13NO4/c1-22-15-9-12(8-14(10-15)16(18)19)6-5-11-3-2-4-13(7-11)17(20)21/h2-4,7-10H,1H3,(H2,18,19)(H,20,21). The third-order valence-corrected chi connectivity index (χ3v) is 2.89. The molecule has 3 N–H and O–H groups in total. The van der Waals surface area contributed by atoms with Gasteiger partial charge in [0.1, 0.15) is 5.75 Å². The third kappa shape index (κ3) is 3.64. The van der Waals surface area contributed by atoms with Gasteiger partial charge in [0.25, 0.3) is 0 Å². The molecule has 0 atom stereocenters. The van der Waals surface area contributed by atoms with E-state index in [1.165, 1.54) is 25.3 Å². The van der Waals surface area contributed by atoms with Crippen molar-refractivity contribution in [3.63, 3.8) is 0 Å². The molecule has 0 unspecified atom stereocenters. The first-order valence-electron chi connectivity index (χ1n) is 6.34. The lowest BCUT2D eigenvalue weighted by atomic mass is 10.1. The number of primary amides is 1. The normalized spacial score (nSPS) is 9.50. The Morgan fingerprint density at radius 2 is 1.73 bits per heavy atom. The monoisotopic (exact) mass is 295 g/mol. The molecule has 0 aliphatic carbocycles. The van der Waals surface area contributed by atoms with Crippen LogP contribution in [0.4, 0.5) is 0 Å². The van der Waals surface area contributed by atoms with Gasteiger partial charge in [-0.2, -0.15) is 0 Å². The van der Waals surface area contributed by atoms with Crippen molar-refractivity contribution in [3.05, 3.63) is 64.7 Å².